The van der Waals surface area contributed by atoms with E-state index in [1.165, 1.54) is 6.07 Å². The van der Waals surface area contributed by atoms with Crippen molar-refractivity contribution in [1.29, 1.82) is 0 Å². The molecule has 0 aromatic heterocycles. The van der Waals surface area contributed by atoms with E-state index in [1.54, 1.807) is 19.2 Å². The molecule has 102 valence electrons. The van der Waals surface area contributed by atoms with E-state index in [0.717, 1.165) is 18.4 Å². The first kappa shape index (κ1) is 15.6. The van der Waals surface area contributed by atoms with Crippen molar-refractivity contribution in [3.8, 4) is 0 Å². The number of methoxy groups -OCH3 is 1. The molecular weight excluding hydrogens is 299 g/mol. The average molecular weight is 319 g/mol. The van der Waals surface area contributed by atoms with Crippen LogP contribution in [0.4, 0.5) is 4.39 Å². The molecule has 1 rings (SSSR count). The van der Waals surface area contributed by atoms with E-state index >= 15 is 0 Å². The van der Waals surface area contributed by atoms with Crippen molar-refractivity contribution >= 4 is 15.9 Å². The van der Waals surface area contributed by atoms with Gasteiger partial charge in [0.15, 0.2) is 0 Å². The normalized spacial score (nSPS) is 13.7. The minimum atomic E-state index is -0.256. The van der Waals surface area contributed by atoms with E-state index in [-0.39, 0.29) is 17.5 Å². The third-order valence-corrected chi connectivity index (χ3v) is 3.60. The largest absolute Gasteiger partial charge is 0.379 e. The Labute approximate surface area is 116 Å². The zero-order valence-corrected chi connectivity index (χ0v) is 12.6. The number of benzene rings is 1. The second kappa shape index (κ2) is 6.61. The molecule has 0 spiro atoms. The molecule has 18 heavy (non-hydrogen) atoms. The highest BCUT2D eigenvalue weighted by Gasteiger charge is 2.22. The second-order valence-electron chi connectivity index (χ2n) is 4.98. The molecule has 3 N–H and O–H groups in total. The van der Waals surface area contributed by atoms with Crippen LogP contribution in [-0.2, 0) is 11.2 Å². The van der Waals surface area contributed by atoms with Crippen molar-refractivity contribution in [2.24, 2.45) is 5.84 Å². The molecule has 3 nitrogen and oxygen atoms in total. The maximum Gasteiger partial charge on any atom is 0.137 e. The van der Waals surface area contributed by atoms with Gasteiger partial charge in [0.1, 0.15) is 5.82 Å². The molecule has 0 aliphatic carbocycles. The lowest BCUT2D eigenvalue weighted by atomic mass is 9.94. The van der Waals surface area contributed by atoms with Crippen LogP contribution in [0, 0.1) is 5.82 Å². The van der Waals surface area contributed by atoms with E-state index in [0.29, 0.717) is 4.47 Å². The van der Waals surface area contributed by atoms with Crippen molar-refractivity contribution in [1.82, 2.24) is 5.43 Å². The van der Waals surface area contributed by atoms with Crippen LogP contribution in [0.3, 0.4) is 0 Å². The van der Waals surface area contributed by atoms with Crippen LogP contribution < -0.4 is 11.3 Å². The van der Waals surface area contributed by atoms with Gasteiger partial charge in [-0.2, -0.15) is 0 Å². The molecule has 1 unspecified atom stereocenters. The van der Waals surface area contributed by atoms with Gasteiger partial charge in [0.25, 0.3) is 0 Å². The highest BCUT2D eigenvalue weighted by molar-refractivity contribution is 9.10. The number of hydrogen-bond acceptors (Lipinski definition) is 3. The smallest absolute Gasteiger partial charge is 0.137 e. The Kier molecular flexibility index (Phi) is 5.72. The monoisotopic (exact) mass is 318 g/mol. The quantitative estimate of drug-likeness (QED) is 0.626. The molecule has 5 heteroatoms. The van der Waals surface area contributed by atoms with Crippen molar-refractivity contribution < 1.29 is 9.13 Å². The number of hydrogen-bond donors (Lipinski definition) is 2. The third-order valence-electron chi connectivity index (χ3n) is 2.99. The third kappa shape index (κ3) is 4.65. The van der Waals surface area contributed by atoms with Crippen LogP contribution in [0.1, 0.15) is 25.8 Å². The molecule has 1 aromatic rings. The predicted molar refractivity (Wildman–Crippen MR) is 74.6 cm³/mol. The summed E-state index contributed by atoms with van der Waals surface area (Å²) in [5, 5.41) is 0. The van der Waals surface area contributed by atoms with Crippen LogP contribution >= 0.6 is 15.9 Å². The molecule has 0 heterocycles. The standard InChI is InChI=1S/C13H20BrFN2O/c1-13(2,18-3)8-10(17-16)6-9-4-5-12(15)11(14)7-9/h4-5,7,10,17H,6,8,16H2,1-3H3. The summed E-state index contributed by atoms with van der Waals surface area (Å²) in [7, 11) is 1.68. The Hall–Kier alpha value is -0.490. The van der Waals surface area contributed by atoms with Gasteiger partial charge in [0.2, 0.25) is 0 Å². The topological polar surface area (TPSA) is 47.3 Å². The van der Waals surface area contributed by atoms with Gasteiger partial charge >= 0.3 is 0 Å². The fourth-order valence-electron chi connectivity index (χ4n) is 1.82. The van der Waals surface area contributed by atoms with Gasteiger partial charge in [-0.3, -0.25) is 11.3 Å². The fraction of sp³-hybridized carbons (Fsp3) is 0.538. The van der Waals surface area contributed by atoms with Crippen LogP contribution in [0.15, 0.2) is 22.7 Å². The molecule has 0 fully saturated rings. The highest BCUT2D eigenvalue weighted by Crippen LogP contribution is 2.21. The minimum Gasteiger partial charge on any atom is -0.379 e. The lowest BCUT2D eigenvalue weighted by Crippen LogP contribution is -2.42. The van der Waals surface area contributed by atoms with Crippen molar-refractivity contribution in [3.05, 3.63) is 34.1 Å². The molecule has 0 aliphatic rings. The second-order valence-corrected chi connectivity index (χ2v) is 5.84. The van der Waals surface area contributed by atoms with E-state index in [9.17, 15) is 4.39 Å². The Morgan fingerprint density at radius 2 is 2.17 bits per heavy atom. The van der Waals surface area contributed by atoms with Crippen LogP contribution in [0.2, 0.25) is 0 Å². The maximum atomic E-state index is 13.1. The summed E-state index contributed by atoms with van der Waals surface area (Å²) in [6.07, 6.45) is 1.50. The zero-order chi connectivity index (χ0) is 13.8. The first-order valence-corrected chi connectivity index (χ1v) is 6.62. The van der Waals surface area contributed by atoms with Gasteiger partial charge in [-0.15, -0.1) is 0 Å². The van der Waals surface area contributed by atoms with Gasteiger partial charge in [0, 0.05) is 13.2 Å². The van der Waals surface area contributed by atoms with E-state index in [1.807, 2.05) is 13.8 Å². The first-order chi connectivity index (χ1) is 8.38. The number of ether oxygens (including phenoxy) is 1. The van der Waals surface area contributed by atoms with Crippen LogP contribution in [0.25, 0.3) is 0 Å². The SMILES string of the molecule is COC(C)(C)CC(Cc1ccc(F)c(Br)c1)NN. The Bertz CT molecular complexity index is 399. The van der Waals surface area contributed by atoms with Crippen molar-refractivity contribution in [2.75, 3.05) is 7.11 Å². The fourth-order valence-corrected chi connectivity index (χ4v) is 2.24. The van der Waals surface area contributed by atoms with Gasteiger partial charge in [0.05, 0.1) is 10.1 Å². The molecule has 1 aromatic carbocycles. The summed E-state index contributed by atoms with van der Waals surface area (Å²) >= 11 is 3.18. The maximum absolute atomic E-state index is 13.1. The van der Waals surface area contributed by atoms with Crippen molar-refractivity contribution in [3.63, 3.8) is 0 Å². The molecule has 0 amide bonds. The van der Waals surface area contributed by atoms with E-state index in [2.05, 4.69) is 21.4 Å². The summed E-state index contributed by atoms with van der Waals surface area (Å²) < 4.78 is 19.0. The number of nitrogens with two attached hydrogens (primary N) is 1. The van der Waals surface area contributed by atoms with Gasteiger partial charge in [-0.1, -0.05) is 6.07 Å². The molecular formula is C13H20BrFN2O. The van der Waals surface area contributed by atoms with Crippen LogP contribution in [0.5, 0.6) is 0 Å². The minimum absolute atomic E-state index is 0.0808. The van der Waals surface area contributed by atoms with E-state index < -0.39 is 0 Å². The van der Waals surface area contributed by atoms with Crippen molar-refractivity contribution in [2.45, 2.75) is 38.3 Å². The Morgan fingerprint density at radius 3 is 2.67 bits per heavy atom. The predicted octanol–water partition coefficient (Wildman–Crippen LogP) is 2.78. The first-order valence-electron chi connectivity index (χ1n) is 5.83. The number of hydrazine groups is 1. The summed E-state index contributed by atoms with van der Waals surface area (Å²) in [5.74, 6) is 5.30. The molecule has 0 aliphatic heterocycles. The number of nitrogens with one attached hydrogen (secondary N) is 1. The molecule has 0 radical (unpaired) electrons. The lowest BCUT2D eigenvalue weighted by molar-refractivity contribution is 0.00710. The number of rotatable bonds is 6. The summed E-state index contributed by atoms with van der Waals surface area (Å²) in [4.78, 5) is 0. The summed E-state index contributed by atoms with van der Waals surface area (Å²) in [5.41, 5.74) is 3.57. The number of halogens is 2. The van der Waals surface area contributed by atoms with Gasteiger partial charge in [-0.25, -0.2) is 4.39 Å². The molecule has 1 atom stereocenters. The molecule has 0 saturated heterocycles. The average Bonchev–Trinajstić information content (AvgIpc) is 2.33. The highest BCUT2D eigenvalue weighted by atomic mass is 79.9. The Balaban J connectivity index is 2.71. The van der Waals surface area contributed by atoms with Crippen LogP contribution in [-0.4, -0.2) is 18.8 Å². The lowest BCUT2D eigenvalue weighted by Gasteiger charge is -2.28. The molecule has 0 saturated carbocycles. The van der Waals surface area contributed by atoms with Gasteiger partial charge in [-0.05, 0) is 60.3 Å². The summed E-state index contributed by atoms with van der Waals surface area (Å²) in [6, 6.07) is 5.08. The molecule has 0 bridgehead atoms. The summed E-state index contributed by atoms with van der Waals surface area (Å²) in [6.45, 7) is 4.02. The zero-order valence-electron chi connectivity index (χ0n) is 11.0. The van der Waals surface area contributed by atoms with Gasteiger partial charge < -0.3 is 4.74 Å². The Morgan fingerprint density at radius 1 is 1.50 bits per heavy atom. The van der Waals surface area contributed by atoms with E-state index in [4.69, 9.17) is 10.6 Å².